The van der Waals surface area contributed by atoms with Crippen LogP contribution in [-0.4, -0.2) is 41.5 Å². The number of thioether (sulfide) groups is 1. The van der Waals surface area contributed by atoms with E-state index in [1.807, 2.05) is 0 Å². The number of nitrogens with one attached hydrogen (secondary N) is 1. The Morgan fingerprint density at radius 3 is 3.14 bits per heavy atom. The van der Waals surface area contributed by atoms with Crippen molar-refractivity contribution in [2.24, 2.45) is 0 Å². The molecule has 1 aromatic heterocycles. The van der Waals surface area contributed by atoms with Gasteiger partial charge in [-0.1, -0.05) is 17.8 Å². The predicted octanol–water partition coefficient (Wildman–Crippen LogP) is 2.26. The average molecular weight is 323 g/mol. The first-order chi connectivity index (χ1) is 10.7. The monoisotopic (exact) mass is 323 g/mol. The van der Waals surface area contributed by atoms with E-state index >= 15 is 0 Å². The number of carbonyl (C=O) groups excluding carboxylic acids is 1. The van der Waals surface area contributed by atoms with Gasteiger partial charge in [-0.15, -0.1) is 0 Å². The van der Waals surface area contributed by atoms with Crippen LogP contribution in [0.3, 0.4) is 0 Å². The summed E-state index contributed by atoms with van der Waals surface area (Å²) in [6.07, 6.45) is 4.15. The van der Waals surface area contributed by atoms with Gasteiger partial charge in [0.05, 0.1) is 11.4 Å². The second-order valence-corrected chi connectivity index (χ2v) is 5.49. The van der Waals surface area contributed by atoms with Crippen molar-refractivity contribution in [1.82, 2.24) is 14.9 Å². The van der Waals surface area contributed by atoms with Crippen molar-refractivity contribution in [1.29, 1.82) is 0 Å². The van der Waals surface area contributed by atoms with Crippen LogP contribution < -0.4 is 5.32 Å². The fraction of sp³-hybridized carbons (Fsp3) is 0.333. The molecule has 22 heavy (non-hydrogen) atoms. The van der Waals surface area contributed by atoms with Gasteiger partial charge in [-0.3, -0.25) is 9.36 Å². The molecular weight excluding hydrogens is 305 g/mol. The van der Waals surface area contributed by atoms with Crippen molar-refractivity contribution in [3.05, 3.63) is 42.5 Å². The molecule has 2 aromatic rings. The van der Waals surface area contributed by atoms with Gasteiger partial charge in [-0.05, 0) is 24.6 Å². The summed E-state index contributed by atoms with van der Waals surface area (Å²) in [7, 11) is 1.63. The summed E-state index contributed by atoms with van der Waals surface area (Å²) < 4.78 is 20.0. The Morgan fingerprint density at radius 1 is 1.50 bits per heavy atom. The maximum absolute atomic E-state index is 13.3. The van der Waals surface area contributed by atoms with Crippen molar-refractivity contribution >= 4 is 17.7 Å². The highest BCUT2D eigenvalue weighted by Crippen LogP contribution is 2.20. The van der Waals surface area contributed by atoms with E-state index in [1.54, 1.807) is 36.2 Å². The van der Waals surface area contributed by atoms with Gasteiger partial charge >= 0.3 is 0 Å². The summed E-state index contributed by atoms with van der Waals surface area (Å²) in [4.78, 5) is 15.9. The van der Waals surface area contributed by atoms with Crippen LogP contribution in [-0.2, 0) is 9.53 Å². The number of amides is 1. The van der Waals surface area contributed by atoms with Gasteiger partial charge in [0.2, 0.25) is 5.91 Å². The summed E-state index contributed by atoms with van der Waals surface area (Å²) in [6, 6.07) is 6.25. The lowest BCUT2D eigenvalue weighted by molar-refractivity contribution is -0.118. The Labute approximate surface area is 132 Å². The summed E-state index contributed by atoms with van der Waals surface area (Å²) >= 11 is 1.31. The number of aromatic nitrogens is 2. The Morgan fingerprint density at radius 2 is 2.36 bits per heavy atom. The molecule has 1 amide bonds. The van der Waals surface area contributed by atoms with Gasteiger partial charge in [0.25, 0.3) is 0 Å². The zero-order valence-corrected chi connectivity index (χ0v) is 13.1. The van der Waals surface area contributed by atoms with Crippen LogP contribution in [0.5, 0.6) is 0 Å². The molecule has 0 saturated carbocycles. The SMILES string of the molecule is COCCCNC(=O)CSc1nccn1-c1cccc(F)c1. The minimum atomic E-state index is -0.307. The van der Waals surface area contributed by atoms with Crippen LogP contribution in [0, 0.1) is 5.82 Å². The number of hydrogen-bond acceptors (Lipinski definition) is 4. The summed E-state index contributed by atoms with van der Waals surface area (Å²) in [6.45, 7) is 1.21. The van der Waals surface area contributed by atoms with Crippen LogP contribution in [0.2, 0.25) is 0 Å². The van der Waals surface area contributed by atoms with Crippen LogP contribution in [0.15, 0.2) is 41.8 Å². The highest BCUT2D eigenvalue weighted by molar-refractivity contribution is 7.99. The van der Waals surface area contributed by atoms with Crippen molar-refractivity contribution in [3.8, 4) is 5.69 Å². The molecule has 0 unspecified atom stereocenters. The topological polar surface area (TPSA) is 56.1 Å². The number of ether oxygens (including phenoxy) is 1. The molecule has 0 spiro atoms. The van der Waals surface area contributed by atoms with Crippen LogP contribution in [0.4, 0.5) is 4.39 Å². The first-order valence-electron chi connectivity index (χ1n) is 6.88. The summed E-state index contributed by atoms with van der Waals surface area (Å²) in [5, 5.41) is 3.46. The standard InChI is InChI=1S/C15H18FN3O2S/c1-21-9-3-6-17-14(20)11-22-15-18-7-8-19(15)13-5-2-4-12(16)10-13/h2,4-5,7-8,10H,3,6,9,11H2,1H3,(H,17,20). The zero-order chi connectivity index (χ0) is 15.8. The van der Waals surface area contributed by atoms with Gasteiger partial charge in [-0.25, -0.2) is 9.37 Å². The molecule has 0 bridgehead atoms. The number of benzene rings is 1. The average Bonchev–Trinajstić information content (AvgIpc) is 2.98. The Hall–Kier alpha value is -1.86. The molecule has 0 atom stereocenters. The Bertz CT molecular complexity index is 618. The first kappa shape index (κ1) is 16.5. The number of carbonyl (C=O) groups is 1. The normalized spacial score (nSPS) is 10.6. The van der Waals surface area contributed by atoms with Gasteiger partial charge in [0, 0.05) is 32.7 Å². The van der Waals surface area contributed by atoms with E-state index in [0.29, 0.717) is 24.0 Å². The minimum Gasteiger partial charge on any atom is -0.385 e. The van der Waals surface area contributed by atoms with E-state index in [0.717, 1.165) is 6.42 Å². The van der Waals surface area contributed by atoms with E-state index in [9.17, 15) is 9.18 Å². The number of rotatable bonds is 8. The highest BCUT2D eigenvalue weighted by Gasteiger charge is 2.09. The van der Waals surface area contributed by atoms with Gasteiger partial charge in [0.1, 0.15) is 5.82 Å². The van der Waals surface area contributed by atoms with Crippen LogP contribution in [0.1, 0.15) is 6.42 Å². The number of hydrogen-bond donors (Lipinski definition) is 1. The number of halogens is 1. The summed E-state index contributed by atoms with van der Waals surface area (Å²) in [5.74, 6) is -0.104. The lowest BCUT2D eigenvalue weighted by atomic mass is 10.3. The van der Waals surface area contributed by atoms with Gasteiger partial charge in [-0.2, -0.15) is 0 Å². The molecule has 1 aromatic carbocycles. The lowest BCUT2D eigenvalue weighted by Crippen LogP contribution is -2.26. The summed E-state index contributed by atoms with van der Waals surface area (Å²) in [5.41, 5.74) is 0.681. The predicted molar refractivity (Wildman–Crippen MR) is 83.7 cm³/mol. The second kappa shape index (κ2) is 8.55. The lowest BCUT2D eigenvalue weighted by Gasteiger charge is -2.08. The largest absolute Gasteiger partial charge is 0.385 e. The van der Waals surface area contributed by atoms with Crippen LogP contribution >= 0.6 is 11.8 Å². The molecule has 0 fully saturated rings. The van der Waals surface area contributed by atoms with E-state index in [-0.39, 0.29) is 17.5 Å². The van der Waals surface area contributed by atoms with E-state index in [4.69, 9.17) is 4.74 Å². The van der Waals surface area contributed by atoms with Crippen molar-refractivity contribution in [3.63, 3.8) is 0 Å². The Kier molecular flexibility index (Phi) is 6.42. The maximum atomic E-state index is 13.3. The molecule has 1 heterocycles. The van der Waals surface area contributed by atoms with E-state index < -0.39 is 0 Å². The van der Waals surface area contributed by atoms with Crippen LogP contribution in [0.25, 0.3) is 5.69 Å². The Balaban J connectivity index is 1.89. The van der Waals surface area contributed by atoms with Crippen molar-refractivity contribution < 1.29 is 13.9 Å². The minimum absolute atomic E-state index is 0.0603. The molecule has 5 nitrogen and oxygen atoms in total. The quantitative estimate of drug-likeness (QED) is 0.598. The smallest absolute Gasteiger partial charge is 0.230 e. The van der Waals surface area contributed by atoms with Crippen molar-refractivity contribution in [2.75, 3.05) is 26.0 Å². The van der Waals surface area contributed by atoms with Gasteiger partial charge < -0.3 is 10.1 Å². The second-order valence-electron chi connectivity index (χ2n) is 4.54. The number of methoxy groups -OCH3 is 1. The third-order valence-electron chi connectivity index (χ3n) is 2.87. The molecule has 2 rings (SSSR count). The fourth-order valence-electron chi connectivity index (χ4n) is 1.84. The van der Waals surface area contributed by atoms with E-state index in [1.165, 1.54) is 23.9 Å². The molecular formula is C15H18FN3O2S. The van der Waals surface area contributed by atoms with Gasteiger partial charge in [0.15, 0.2) is 5.16 Å². The molecule has 7 heteroatoms. The third-order valence-corrected chi connectivity index (χ3v) is 3.84. The van der Waals surface area contributed by atoms with Crippen molar-refractivity contribution in [2.45, 2.75) is 11.6 Å². The zero-order valence-electron chi connectivity index (χ0n) is 12.3. The molecule has 118 valence electrons. The molecule has 0 saturated heterocycles. The highest BCUT2D eigenvalue weighted by atomic mass is 32.2. The molecule has 0 aliphatic rings. The number of nitrogens with zero attached hydrogens (tertiary/aromatic N) is 2. The molecule has 1 N–H and O–H groups in total. The molecule has 0 aliphatic heterocycles. The maximum Gasteiger partial charge on any atom is 0.230 e. The fourth-order valence-corrected chi connectivity index (χ4v) is 2.65. The molecule has 0 aliphatic carbocycles. The molecule has 0 radical (unpaired) electrons. The first-order valence-corrected chi connectivity index (χ1v) is 7.87. The number of imidazole rings is 1. The van der Waals surface area contributed by atoms with E-state index in [2.05, 4.69) is 10.3 Å². The third kappa shape index (κ3) is 4.85.